The second-order valence-electron chi connectivity index (χ2n) is 5.14. The molecule has 0 radical (unpaired) electrons. The summed E-state index contributed by atoms with van der Waals surface area (Å²) in [5.41, 5.74) is 2.39. The van der Waals surface area contributed by atoms with Crippen molar-refractivity contribution in [1.82, 2.24) is 0 Å². The number of carbonyl (C=O) groups is 2. The van der Waals surface area contributed by atoms with Gasteiger partial charge in [-0.05, 0) is 53.9 Å². The molecule has 2 N–H and O–H groups in total. The van der Waals surface area contributed by atoms with Gasteiger partial charge in [-0.1, -0.05) is 0 Å². The van der Waals surface area contributed by atoms with Gasteiger partial charge in [0, 0.05) is 12.1 Å². The average Bonchev–Trinajstić information content (AvgIpc) is 3.00. The van der Waals surface area contributed by atoms with Crippen LogP contribution in [0.15, 0.2) is 35.0 Å². The van der Waals surface area contributed by atoms with Gasteiger partial charge in [-0.25, -0.2) is 0 Å². The van der Waals surface area contributed by atoms with E-state index in [4.69, 9.17) is 4.74 Å². The number of carbonyl (C=O) groups excluding carboxylic acids is 2. The molecular weight excluding hydrogens is 300 g/mol. The van der Waals surface area contributed by atoms with E-state index in [1.54, 1.807) is 36.5 Å². The Hall–Kier alpha value is -2.34. The van der Waals surface area contributed by atoms with E-state index in [0.717, 1.165) is 6.42 Å². The molecule has 1 aliphatic rings. The summed E-state index contributed by atoms with van der Waals surface area (Å²) in [7, 11) is 0. The molecule has 22 heavy (non-hydrogen) atoms. The van der Waals surface area contributed by atoms with Crippen molar-refractivity contribution in [2.24, 2.45) is 0 Å². The molecule has 1 atom stereocenters. The van der Waals surface area contributed by atoms with Crippen LogP contribution in [0.1, 0.15) is 18.9 Å². The second-order valence-corrected chi connectivity index (χ2v) is 5.92. The third-order valence-electron chi connectivity index (χ3n) is 3.41. The molecule has 0 aliphatic carbocycles. The Labute approximate surface area is 132 Å². The van der Waals surface area contributed by atoms with E-state index in [-0.39, 0.29) is 11.8 Å². The molecule has 2 heterocycles. The highest BCUT2D eigenvalue weighted by Gasteiger charge is 2.23. The largest absolute Gasteiger partial charge is 0.479 e. The zero-order chi connectivity index (χ0) is 15.5. The Morgan fingerprint density at radius 2 is 2.27 bits per heavy atom. The van der Waals surface area contributed by atoms with Gasteiger partial charge in [-0.15, -0.1) is 0 Å². The molecule has 2 aromatic rings. The number of amides is 2. The summed E-state index contributed by atoms with van der Waals surface area (Å²) in [5, 5.41) is 9.64. The van der Waals surface area contributed by atoms with Crippen molar-refractivity contribution in [2.75, 3.05) is 10.6 Å². The maximum atomic E-state index is 12.0. The Kier molecular flexibility index (Phi) is 4.11. The molecule has 5 nitrogen and oxygen atoms in total. The van der Waals surface area contributed by atoms with Crippen molar-refractivity contribution in [3.8, 4) is 5.75 Å². The summed E-state index contributed by atoms with van der Waals surface area (Å²) in [4.78, 5) is 23.6. The Balaban J connectivity index is 1.62. The fraction of sp³-hybridized carbons (Fsp3) is 0.250. The van der Waals surface area contributed by atoms with Crippen LogP contribution in [0, 0.1) is 0 Å². The van der Waals surface area contributed by atoms with Crippen LogP contribution < -0.4 is 15.4 Å². The first-order valence-corrected chi connectivity index (χ1v) is 7.98. The predicted molar refractivity (Wildman–Crippen MR) is 86.4 cm³/mol. The zero-order valence-electron chi connectivity index (χ0n) is 12.1. The van der Waals surface area contributed by atoms with Crippen molar-refractivity contribution in [3.63, 3.8) is 0 Å². The minimum atomic E-state index is -0.501. The second kappa shape index (κ2) is 6.19. The number of rotatable bonds is 4. The zero-order valence-corrected chi connectivity index (χ0v) is 12.9. The molecule has 1 aliphatic heterocycles. The summed E-state index contributed by atoms with van der Waals surface area (Å²) in [6, 6.07) is 7.25. The average molecular weight is 316 g/mol. The summed E-state index contributed by atoms with van der Waals surface area (Å²) < 4.78 is 5.48. The number of ether oxygens (including phenoxy) is 1. The Bertz CT molecular complexity index is 697. The summed E-state index contributed by atoms with van der Waals surface area (Å²) >= 11 is 1.63. The predicted octanol–water partition coefficient (Wildman–Crippen LogP) is 3.04. The minimum absolute atomic E-state index is 0.0532. The van der Waals surface area contributed by atoms with Gasteiger partial charge in [-0.2, -0.15) is 11.3 Å². The van der Waals surface area contributed by atoms with E-state index >= 15 is 0 Å². The van der Waals surface area contributed by atoms with E-state index in [9.17, 15) is 9.59 Å². The van der Waals surface area contributed by atoms with E-state index in [2.05, 4.69) is 10.6 Å². The fourth-order valence-corrected chi connectivity index (χ4v) is 2.91. The number of anilines is 2. The fourth-order valence-electron chi connectivity index (χ4n) is 2.20. The molecule has 6 heteroatoms. The quantitative estimate of drug-likeness (QED) is 0.911. The van der Waals surface area contributed by atoms with E-state index in [1.807, 2.05) is 16.8 Å². The summed E-state index contributed by atoms with van der Waals surface area (Å²) in [6.45, 7) is 1.69. The van der Waals surface area contributed by atoms with Crippen LogP contribution in [-0.4, -0.2) is 17.9 Å². The lowest BCUT2D eigenvalue weighted by Gasteiger charge is -2.23. The molecule has 0 bridgehead atoms. The SMILES string of the molecule is C[C@H]1Oc2ccc(NC(=O)CCc3ccsc3)cc2NC1=O. The monoisotopic (exact) mass is 316 g/mol. The summed E-state index contributed by atoms with van der Waals surface area (Å²) in [5.74, 6) is 0.374. The van der Waals surface area contributed by atoms with Gasteiger partial charge in [0.05, 0.1) is 5.69 Å². The number of hydrogen-bond acceptors (Lipinski definition) is 4. The van der Waals surface area contributed by atoms with Crippen molar-refractivity contribution >= 4 is 34.5 Å². The first-order valence-electron chi connectivity index (χ1n) is 7.04. The van der Waals surface area contributed by atoms with Gasteiger partial charge < -0.3 is 15.4 Å². The number of hydrogen-bond donors (Lipinski definition) is 2. The van der Waals surface area contributed by atoms with Gasteiger partial charge in [0.2, 0.25) is 5.91 Å². The number of benzene rings is 1. The third kappa shape index (κ3) is 3.28. The van der Waals surface area contributed by atoms with Gasteiger partial charge >= 0.3 is 0 Å². The first kappa shape index (κ1) is 14.6. The maximum Gasteiger partial charge on any atom is 0.265 e. The molecule has 2 amide bonds. The molecule has 0 saturated carbocycles. The molecule has 1 aromatic carbocycles. The number of nitrogens with one attached hydrogen (secondary N) is 2. The van der Waals surface area contributed by atoms with Gasteiger partial charge in [-0.3, -0.25) is 9.59 Å². The molecular formula is C16H16N2O3S. The van der Waals surface area contributed by atoms with Crippen LogP contribution in [0.4, 0.5) is 11.4 Å². The topological polar surface area (TPSA) is 67.4 Å². The first-order chi connectivity index (χ1) is 10.6. The highest BCUT2D eigenvalue weighted by Crippen LogP contribution is 2.32. The minimum Gasteiger partial charge on any atom is -0.479 e. The molecule has 0 spiro atoms. The Morgan fingerprint density at radius 3 is 3.05 bits per heavy atom. The van der Waals surface area contributed by atoms with Crippen molar-refractivity contribution in [3.05, 3.63) is 40.6 Å². The number of thiophene rings is 1. The van der Waals surface area contributed by atoms with Crippen molar-refractivity contribution < 1.29 is 14.3 Å². The summed E-state index contributed by atoms with van der Waals surface area (Å²) in [6.07, 6.45) is 0.643. The van der Waals surface area contributed by atoms with E-state index < -0.39 is 6.10 Å². The molecule has 1 aromatic heterocycles. The lowest BCUT2D eigenvalue weighted by Crippen LogP contribution is -2.34. The smallest absolute Gasteiger partial charge is 0.265 e. The van der Waals surface area contributed by atoms with Gasteiger partial charge in [0.15, 0.2) is 6.10 Å². The van der Waals surface area contributed by atoms with Crippen molar-refractivity contribution in [2.45, 2.75) is 25.9 Å². The van der Waals surface area contributed by atoms with Crippen LogP contribution in [0.25, 0.3) is 0 Å². The standard InChI is InChI=1S/C16H16N2O3S/c1-10-16(20)18-13-8-12(3-4-14(13)21-10)17-15(19)5-2-11-6-7-22-9-11/h3-4,6-10H,2,5H2,1H3,(H,17,19)(H,18,20)/t10-/m1/s1. The lowest BCUT2D eigenvalue weighted by atomic mass is 10.1. The number of fused-ring (bicyclic) bond motifs is 1. The Morgan fingerprint density at radius 1 is 1.41 bits per heavy atom. The highest BCUT2D eigenvalue weighted by atomic mass is 32.1. The molecule has 0 unspecified atom stereocenters. The van der Waals surface area contributed by atoms with Crippen LogP contribution in [0.2, 0.25) is 0 Å². The van der Waals surface area contributed by atoms with Crippen LogP contribution >= 0.6 is 11.3 Å². The van der Waals surface area contributed by atoms with Crippen LogP contribution in [-0.2, 0) is 16.0 Å². The molecule has 3 rings (SSSR count). The van der Waals surface area contributed by atoms with Crippen molar-refractivity contribution in [1.29, 1.82) is 0 Å². The maximum absolute atomic E-state index is 12.0. The van der Waals surface area contributed by atoms with Gasteiger partial charge in [0.1, 0.15) is 5.75 Å². The van der Waals surface area contributed by atoms with Crippen LogP contribution in [0.5, 0.6) is 5.75 Å². The molecule has 0 fully saturated rings. The highest BCUT2D eigenvalue weighted by molar-refractivity contribution is 7.07. The third-order valence-corrected chi connectivity index (χ3v) is 4.15. The van der Waals surface area contributed by atoms with E-state index in [1.165, 1.54) is 5.56 Å². The molecule has 0 saturated heterocycles. The van der Waals surface area contributed by atoms with Crippen LogP contribution in [0.3, 0.4) is 0 Å². The molecule has 114 valence electrons. The normalized spacial score (nSPS) is 16.4. The van der Waals surface area contributed by atoms with E-state index in [0.29, 0.717) is 23.5 Å². The van der Waals surface area contributed by atoms with Gasteiger partial charge in [0.25, 0.3) is 5.91 Å². The number of aryl methyl sites for hydroxylation is 1. The lowest BCUT2D eigenvalue weighted by molar-refractivity contribution is -0.122.